The Bertz CT molecular complexity index is 1420. The Hall–Kier alpha value is -4.48. The minimum absolute atomic E-state index is 0.0425. The van der Waals surface area contributed by atoms with Crippen molar-refractivity contribution in [3.63, 3.8) is 0 Å². The number of hydrogen-bond donors (Lipinski definition) is 5. The third-order valence-electron chi connectivity index (χ3n) is 4.89. The molecule has 4 aromatic rings. The average molecular weight is 497 g/mol. The fourth-order valence-corrected chi connectivity index (χ4v) is 3.40. The van der Waals surface area contributed by atoms with E-state index in [9.17, 15) is 14.0 Å². The number of carbonyl (C=O) groups is 2. The number of amides is 3. The molecule has 0 unspecified atom stereocenters. The number of benzene rings is 3. The standard InChI is InChI=1S/C23H18ClFN6O4/c1-35-20-10-18-15(21(27-11-26-18)28-14-6-7-17(25)16(24)8-14)9-19(20)30-23(33)29-13-4-2-12(3-5-13)22(32)31-34/h2-11,34H,1H3,(H,31,32)(H,26,27,28)(H2,29,30,33). The van der Waals surface area contributed by atoms with Crippen LogP contribution in [0.3, 0.4) is 0 Å². The van der Waals surface area contributed by atoms with Crippen molar-refractivity contribution in [3.05, 3.63) is 77.3 Å². The van der Waals surface area contributed by atoms with Crippen LogP contribution in [0.15, 0.2) is 60.9 Å². The predicted molar refractivity (Wildman–Crippen MR) is 129 cm³/mol. The van der Waals surface area contributed by atoms with Crippen LogP contribution in [0.1, 0.15) is 10.4 Å². The largest absolute Gasteiger partial charge is 0.494 e. The fraction of sp³-hybridized carbons (Fsp3) is 0.0435. The molecule has 1 aromatic heterocycles. The number of hydroxylamine groups is 1. The monoisotopic (exact) mass is 496 g/mol. The van der Waals surface area contributed by atoms with Gasteiger partial charge in [0.25, 0.3) is 5.91 Å². The maximum atomic E-state index is 13.5. The van der Waals surface area contributed by atoms with Gasteiger partial charge in [0.05, 0.1) is 23.3 Å². The van der Waals surface area contributed by atoms with Crippen molar-refractivity contribution in [2.75, 3.05) is 23.1 Å². The summed E-state index contributed by atoms with van der Waals surface area (Å²) >= 11 is 5.87. The SMILES string of the molecule is COc1cc2ncnc(Nc3ccc(F)c(Cl)c3)c2cc1NC(=O)Nc1ccc(C(=O)NO)cc1. The third kappa shape index (κ3) is 5.37. The number of anilines is 4. The third-order valence-corrected chi connectivity index (χ3v) is 5.18. The van der Waals surface area contributed by atoms with Gasteiger partial charge < -0.3 is 20.7 Å². The number of ether oxygens (including phenoxy) is 1. The second-order valence-corrected chi connectivity index (χ2v) is 7.55. The van der Waals surface area contributed by atoms with Gasteiger partial charge in [-0.15, -0.1) is 0 Å². The molecule has 178 valence electrons. The Balaban J connectivity index is 1.59. The van der Waals surface area contributed by atoms with Crippen LogP contribution in [-0.2, 0) is 0 Å². The van der Waals surface area contributed by atoms with Crippen molar-refractivity contribution in [1.29, 1.82) is 0 Å². The summed E-state index contributed by atoms with van der Waals surface area (Å²) in [7, 11) is 1.45. The molecule has 0 aliphatic rings. The van der Waals surface area contributed by atoms with Crippen LogP contribution >= 0.6 is 11.6 Å². The van der Waals surface area contributed by atoms with E-state index in [-0.39, 0.29) is 10.6 Å². The van der Waals surface area contributed by atoms with E-state index in [0.717, 1.165) is 0 Å². The minimum Gasteiger partial charge on any atom is -0.494 e. The molecule has 1 heterocycles. The van der Waals surface area contributed by atoms with Crippen molar-refractivity contribution < 1.29 is 23.9 Å². The highest BCUT2D eigenvalue weighted by Gasteiger charge is 2.14. The molecule has 0 radical (unpaired) electrons. The molecule has 0 aliphatic heterocycles. The summed E-state index contributed by atoms with van der Waals surface area (Å²) < 4.78 is 18.9. The van der Waals surface area contributed by atoms with Gasteiger partial charge in [-0.3, -0.25) is 10.0 Å². The highest BCUT2D eigenvalue weighted by atomic mass is 35.5. The molecule has 0 fully saturated rings. The first-order valence-corrected chi connectivity index (χ1v) is 10.4. The van der Waals surface area contributed by atoms with Gasteiger partial charge in [-0.1, -0.05) is 11.6 Å². The van der Waals surface area contributed by atoms with E-state index in [0.29, 0.717) is 39.5 Å². The first kappa shape index (κ1) is 23.7. The summed E-state index contributed by atoms with van der Waals surface area (Å²) in [6.07, 6.45) is 1.36. The minimum atomic E-state index is -0.670. The van der Waals surface area contributed by atoms with E-state index in [1.54, 1.807) is 12.1 Å². The van der Waals surface area contributed by atoms with Crippen LogP contribution in [0.25, 0.3) is 10.9 Å². The summed E-state index contributed by atoms with van der Waals surface area (Å²) in [6.45, 7) is 0. The van der Waals surface area contributed by atoms with Gasteiger partial charge in [-0.05, 0) is 48.5 Å². The second kappa shape index (κ2) is 10.2. The number of nitrogens with one attached hydrogen (secondary N) is 4. The zero-order valence-corrected chi connectivity index (χ0v) is 18.9. The summed E-state index contributed by atoms with van der Waals surface area (Å²) in [4.78, 5) is 32.5. The molecule has 4 rings (SSSR count). The molecule has 0 saturated carbocycles. The molecule has 0 atom stereocenters. The van der Waals surface area contributed by atoms with Gasteiger partial charge in [0, 0.05) is 28.4 Å². The van der Waals surface area contributed by atoms with Gasteiger partial charge in [-0.2, -0.15) is 0 Å². The van der Waals surface area contributed by atoms with Gasteiger partial charge in [0.15, 0.2) is 0 Å². The zero-order chi connectivity index (χ0) is 24.9. The highest BCUT2D eigenvalue weighted by molar-refractivity contribution is 6.31. The van der Waals surface area contributed by atoms with Crippen molar-refractivity contribution in [2.24, 2.45) is 0 Å². The maximum absolute atomic E-state index is 13.5. The van der Waals surface area contributed by atoms with Crippen LogP contribution in [0, 0.1) is 5.82 Å². The Kier molecular flexibility index (Phi) is 6.90. The zero-order valence-electron chi connectivity index (χ0n) is 18.1. The number of urea groups is 1. The lowest BCUT2D eigenvalue weighted by Crippen LogP contribution is -2.20. The van der Waals surface area contributed by atoms with E-state index < -0.39 is 17.8 Å². The number of fused-ring (bicyclic) bond motifs is 1. The first-order valence-electron chi connectivity index (χ1n) is 10.0. The Morgan fingerprint density at radius 2 is 1.74 bits per heavy atom. The lowest BCUT2D eigenvalue weighted by atomic mass is 10.2. The number of methoxy groups -OCH3 is 1. The summed E-state index contributed by atoms with van der Waals surface area (Å²) in [5.74, 6) is -0.451. The first-order chi connectivity index (χ1) is 16.9. The highest BCUT2D eigenvalue weighted by Crippen LogP contribution is 2.33. The summed E-state index contributed by atoms with van der Waals surface area (Å²) in [5, 5.41) is 17.6. The molecular formula is C23H18ClFN6O4. The fourth-order valence-electron chi connectivity index (χ4n) is 3.21. The van der Waals surface area contributed by atoms with E-state index in [1.165, 1.54) is 61.4 Å². The molecule has 3 aromatic carbocycles. The lowest BCUT2D eigenvalue weighted by molar-refractivity contribution is 0.0706. The van der Waals surface area contributed by atoms with E-state index >= 15 is 0 Å². The summed E-state index contributed by atoms with van der Waals surface area (Å²) in [5.41, 5.74) is 3.55. The number of hydrogen-bond acceptors (Lipinski definition) is 7. The van der Waals surface area contributed by atoms with Crippen LogP contribution in [0.4, 0.5) is 32.1 Å². The Labute approximate surface area is 203 Å². The predicted octanol–water partition coefficient (Wildman–Crippen LogP) is 4.94. The quantitative estimate of drug-likeness (QED) is 0.188. The summed E-state index contributed by atoms with van der Waals surface area (Å²) in [6, 6.07) is 12.8. The van der Waals surface area contributed by atoms with Crippen LogP contribution < -0.4 is 26.2 Å². The molecule has 0 bridgehead atoms. The van der Waals surface area contributed by atoms with E-state index in [4.69, 9.17) is 21.5 Å². The van der Waals surface area contributed by atoms with Gasteiger partial charge in [0.2, 0.25) is 0 Å². The number of halogens is 2. The Morgan fingerprint density at radius 1 is 1.00 bits per heavy atom. The average Bonchev–Trinajstić information content (AvgIpc) is 2.86. The molecule has 12 heteroatoms. The van der Waals surface area contributed by atoms with Crippen molar-refractivity contribution in [3.8, 4) is 5.75 Å². The van der Waals surface area contributed by atoms with Crippen molar-refractivity contribution in [1.82, 2.24) is 15.4 Å². The molecule has 35 heavy (non-hydrogen) atoms. The van der Waals surface area contributed by atoms with Crippen molar-refractivity contribution >= 4 is 57.3 Å². The maximum Gasteiger partial charge on any atom is 0.323 e. The van der Waals surface area contributed by atoms with Crippen molar-refractivity contribution in [2.45, 2.75) is 0 Å². The normalized spacial score (nSPS) is 10.5. The molecular weight excluding hydrogens is 479 g/mol. The molecule has 10 nitrogen and oxygen atoms in total. The van der Waals surface area contributed by atoms with Gasteiger partial charge >= 0.3 is 6.03 Å². The topological polar surface area (TPSA) is 138 Å². The molecule has 3 amide bonds. The van der Waals surface area contributed by atoms with Gasteiger partial charge in [-0.25, -0.2) is 24.6 Å². The Morgan fingerprint density at radius 3 is 2.43 bits per heavy atom. The molecule has 0 aliphatic carbocycles. The van der Waals surface area contributed by atoms with Crippen LogP contribution in [0.2, 0.25) is 5.02 Å². The van der Waals surface area contributed by atoms with E-state index in [1.807, 2.05) is 0 Å². The number of aromatic nitrogens is 2. The molecule has 5 N–H and O–H groups in total. The molecule has 0 saturated heterocycles. The number of carbonyl (C=O) groups excluding carboxylic acids is 2. The van der Waals surface area contributed by atoms with Crippen LogP contribution in [0.5, 0.6) is 5.75 Å². The molecule has 0 spiro atoms. The van der Waals surface area contributed by atoms with E-state index in [2.05, 4.69) is 25.9 Å². The van der Waals surface area contributed by atoms with Crippen LogP contribution in [-0.4, -0.2) is 34.2 Å². The second-order valence-electron chi connectivity index (χ2n) is 7.14. The lowest BCUT2D eigenvalue weighted by Gasteiger charge is -2.14. The smallest absolute Gasteiger partial charge is 0.323 e. The number of nitrogens with zero attached hydrogens (tertiary/aromatic N) is 2. The van der Waals surface area contributed by atoms with Gasteiger partial charge in [0.1, 0.15) is 23.7 Å². The number of rotatable bonds is 6.